The smallest absolute Gasteiger partial charge is 0.0782 e. The van der Waals surface area contributed by atoms with Gasteiger partial charge in [-0.3, -0.25) is 0 Å². The fraction of sp³-hybridized carbons (Fsp3) is 0. The first kappa shape index (κ1) is 4.19. The van der Waals surface area contributed by atoms with Crippen LogP contribution in [0.2, 0.25) is 0 Å². The highest BCUT2D eigenvalue weighted by Gasteiger charge is 1.93. The molecule has 1 aromatic rings. The highest BCUT2D eigenvalue weighted by molar-refractivity contribution is 7.97. The van der Waals surface area contributed by atoms with Gasteiger partial charge < -0.3 is 4.57 Å². The Bertz CT molecular complexity index is 243. The van der Waals surface area contributed by atoms with Crippen molar-refractivity contribution in [1.82, 2.24) is 4.57 Å². The van der Waals surface area contributed by atoms with E-state index < -0.39 is 0 Å². The Kier molecular flexibility index (Phi) is 0.720. The number of aromatic nitrogens is 1. The minimum absolute atomic E-state index is 1.20. The Balaban J connectivity index is 2.78. The fourth-order valence-electron chi connectivity index (χ4n) is 0.746. The van der Waals surface area contributed by atoms with Crippen LogP contribution in [0.5, 0.6) is 0 Å². The summed E-state index contributed by atoms with van der Waals surface area (Å²) in [4.78, 5) is 0. The molecule has 2 heteroatoms. The largest absolute Gasteiger partial charge is 0.311 e. The molecule has 0 saturated carbocycles. The maximum Gasteiger partial charge on any atom is 0.0782 e. The second-order valence-corrected chi connectivity index (χ2v) is 2.58. The van der Waals surface area contributed by atoms with Crippen LogP contribution in [-0.4, -0.2) is 9.59 Å². The van der Waals surface area contributed by atoms with Gasteiger partial charge in [0.2, 0.25) is 0 Å². The van der Waals surface area contributed by atoms with Gasteiger partial charge in [0, 0.05) is 6.20 Å². The fourth-order valence-corrected chi connectivity index (χ4v) is 1.46. The molecule has 0 saturated heterocycles. The lowest BCUT2D eigenvalue weighted by Crippen LogP contribution is -1.76. The molecule has 1 nitrogen and oxygen atoms in total. The average Bonchev–Trinajstić information content (AvgIpc) is 2.15. The van der Waals surface area contributed by atoms with Gasteiger partial charge in [-0.1, -0.05) is 5.02 Å². The van der Waals surface area contributed by atoms with Gasteiger partial charge in [-0.25, -0.2) is 0 Å². The maximum atomic E-state index is 3.08. The van der Waals surface area contributed by atoms with Crippen LogP contribution in [0.1, 0.15) is 0 Å². The molecular formula is C6H5NS. The summed E-state index contributed by atoms with van der Waals surface area (Å²) in [5.41, 5.74) is 0. The molecule has 0 atom stereocenters. The Morgan fingerprint density at radius 3 is 3.50 bits per heavy atom. The van der Waals surface area contributed by atoms with Gasteiger partial charge in [-0.15, -0.1) is 11.4 Å². The van der Waals surface area contributed by atoms with Crippen LogP contribution in [0.15, 0.2) is 23.4 Å². The topological polar surface area (TPSA) is 4.93 Å². The number of hydrogen-bond acceptors (Lipinski definition) is 0. The van der Waals surface area contributed by atoms with Gasteiger partial charge in [0.05, 0.1) is 11.2 Å². The van der Waals surface area contributed by atoms with Crippen molar-refractivity contribution in [2.75, 3.05) is 0 Å². The minimum Gasteiger partial charge on any atom is -0.311 e. The van der Waals surface area contributed by atoms with Crippen molar-refractivity contribution in [2.24, 2.45) is 0 Å². The van der Waals surface area contributed by atoms with Gasteiger partial charge in [-0.2, -0.15) is 0 Å². The van der Waals surface area contributed by atoms with E-state index in [-0.39, 0.29) is 0 Å². The number of fused-ring (bicyclic) bond motifs is 1. The molecule has 0 unspecified atom stereocenters. The van der Waals surface area contributed by atoms with E-state index in [9.17, 15) is 0 Å². The summed E-state index contributed by atoms with van der Waals surface area (Å²) >= 11 is 1.20. The van der Waals surface area contributed by atoms with Crippen molar-refractivity contribution in [2.45, 2.75) is 5.03 Å². The Hall–Kier alpha value is -0.720. The quantitative estimate of drug-likeness (QED) is 0.397. The van der Waals surface area contributed by atoms with E-state index in [0.29, 0.717) is 0 Å². The molecular weight excluding hydrogens is 118 g/mol. The van der Waals surface area contributed by atoms with Crippen molar-refractivity contribution < 1.29 is 0 Å². The second kappa shape index (κ2) is 1.38. The summed E-state index contributed by atoms with van der Waals surface area (Å²) in [5.74, 6) is 0. The normalized spacial score (nSPS) is 13.5. The summed E-state index contributed by atoms with van der Waals surface area (Å²) in [5, 5.41) is 4.39. The van der Waals surface area contributed by atoms with Crippen LogP contribution >= 0.6 is 11.4 Å². The predicted molar refractivity (Wildman–Crippen MR) is 37.5 cm³/mol. The Labute approximate surface area is 51.2 Å². The number of nitrogens with zero attached hydrogens (tertiary/aromatic N) is 1. The molecule has 0 fully saturated rings. The third-order valence-electron chi connectivity index (χ3n) is 1.13. The standard InChI is InChI=1S/C6H5NS/c1-2-6-7(3-1)4-5-8-6/h1-4,8H. The van der Waals surface area contributed by atoms with Gasteiger partial charge in [0.1, 0.15) is 0 Å². The van der Waals surface area contributed by atoms with E-state index in [0.717, 1.165) is 0 Å². The molecule has 8 heavy (non-hydrogen) atoms. The minimum atomic E-state index is 1.20. The highest BCUT2D eigenvalue weighted by atomic mass is 32.1. The summed E-state index contributed by atoms with van der Waals surface area (Å²) in [6.45, 7) is 0. The van der Waals surface area contributed by atoms with Crippen molar-refractivity contribution >= 4 is 22.6 Å². The first-order valence-corrected chi connectivity index (χ1v) is 3.33. The molecule has 1 aliphatic heterocycles. The maximum absolute atomic E-state index is 3.08. The van der Waals surface area contributed by atoms with Crippen LogP contribution in [0.25, 0.3) is 6.20 Å². The Morgan fingerprint density at radius 2 is 2.62 bits per heavy atom. The van der Waals surface area contributed by atoms with Crippen LogP contribution in [0, 0.1) is 0 Å². The zero-order valence-electron chi connectivity index (χ0n) is 4.20. The van der Waals surface area contributed by atoms with E-state index in [2.05, 4.69) is 15.7 Å². The first-order chi connectivity index (χ1) is 3.97. The van der Waals surface area contributed by atoms with E-state index in [4.69, 9.17) is 0 Å². The lowest BCUT2D eigenvalue weighted by atomic mass is 10.7. The van der Waals surface area contributed by atoms with Crippen LogP contribution in [0.3, 0.4) is 0 Å². The number of rotatable bonds is 0. The number of hydrogen-bond donors (Lipinski definition) is 1. The molecule has 0 aliphatic carbocycles. The van der Waals surface area contributed by atoms with Crippen LogP contribution in [0.4, 0.5) is 0 Å². The molecule has 0 amide bonds. The van der Waals surface area contributed by atoms with Gasteiger partial charge in [-0.05, 0) is 12.1 Å². The van der Waals surface area contributed by atoms with Crippen molar-refractivity contribution in [3.8, 4) is 0 Å². The first-order valence-electron chi connectivity index (χ1n) is 2.43. The molecule has 2 rings (SSSR count). The molecule has 0 bridgehead atoms. The van der Waals surface area contributed by atoms with Crippen molar-refractivity contribution in [3.05, 3.63) is 18.3 Å². The lowest BCUT2D eigenvalue weighted by molar-refractivity contribution is 1.04. The molecule has 1 aliphatic rings. The van der Waals surface area contributed by atoms with E-state index in [1.54, 1.807) is 0 Å². The van der Waals surface area contributed by atoms with Crippen LogP contribution < -0.4 is 0 Å². The predicted octanol–water partition coefficient (Wildman–Crippen LogP) is 1.20. The molecule has 2 heterocycles. The lowest BCUT2D eigenvalue weighted by Gasteiger charge is -1.86. The molecule has 0 radical (unpaired) electrons. The van der Waals surface area contributed by atoms with E-state index >= 15 is 0 Å². The highest BCUT2D eigenvalue weighted by Crippen LogP contribution is 2.13. The summed E-state index contributed by atoms with van der Waals surface area (Å²) < 4.78 is 2.07. The third-order valence-corrected chi connectivity index (χ3v) is 1.99. The van der Waals surface area contributed by atoms with E-state index in [1.807, 2.05) is 18.5 Å². The molecule has 0 N–H and O–H groups in total. The van der Waals surface area contributed by atoms with E-state index in [1.165, 1.54) is 16.4 Å². The van der Waals surface area contributed by atoms with Gasteiger partial charge in [0.25, 0.3) is 0 Å². The van der Waals surface area contributed by atoms with Crippen LogP contribution in [-0.2, 0) is 0 Å². The Morgan fingerprint density at radius 1 is 1.62 bits per heavy atom. The molecule has 0 aromatic carbocycles. The van der Waals surface area contributed by atoms with Crippen molar-refractivity contribution in [3.63, 3.8) is 0 Å². The van der Waals surface area contributed by atoms with Gasteiger partial charge in [0.15, 0.2) is 0 Å². The summed E-state index contributed by atoms with van der Waals surface area (Å²) in [6, 6.07) is 4.14. The second-order valence-electron chi connectivity index (χ2n) is 1.64. The molecule has 40 valence electrons. The zero-order valence-corrected chi connectivity index (χ0v) is 5.10. The summed E-state index contributed by atoms with van der Waals surface area (Å²) in [6.07, 6.45) is 3.99. The van der Waals surface area contributed by atoms with Gasteiger partial charge >= 0.3 is 0 Å². The number of thiol groups is 1. The molecule has 0 spiro atoms. The molecule has 1 aromatic heterocycles. The third kappa shape index (κ3) is 0.414. The van der Waals surface area contributed by atoms with Crippen molar-refractivity contribution in [1.29, 1.82) is 0 Å². The SMILES string of the molecule is C1=Cn2cccc2[SH]=1. The summed E-state index contributed by atoms with van der Waals surface area (Å²) in [7, 11) is 0. The average molecular weight is 123 g/mol. The monoisotopic (exact) mass is 123 g/mol. The zero-order chi connectivity index (χ0) is 5.40.